The van der Waals surface area contributed by atoms with Crippen LogP contribution in [0.4, 0.5) is 0 Å². The molecule has 0 unspecified atom stereocenters. The third kappa shape index (κ3) is 53.5. The van der Waals surface area contributed by atoms with Crippen molar-refractivity contribution < 1.29 is 68.6 Å². The van der Waals surface area contributed by atoms with Crippen LogP contribution in [0.3, 0.4) is 0 Å². The Morgan fingerprint density at radius 1 is 0.220 bits per heavy atom. The molecule has 0 fully saturated rings. The predicted molar refractivity (Wildman–Crippen MR) is 411 cm³/mol. The summed E-state index contributed by atoms with van der Waals surface area (Å²) >= 11 is -4.34. The molecule has 0 N–H and O–H groups in total. The predicted octanol–water partition coefficient (Wildman–Crippen LogP) is 24.1. The lowest BCUT2D eigenvalue weighted by Gasteiger charge is -2.36. The first-order valence-electron chi connectivity index (χ1n) is 42.2. The van der Waals surface area contributed by atoms with Crippen LogP contribution in [0.15, 0.2) is 0 Å². The third-order valence-corrected chi connectivity index (χ3v) is 19.9. The standard InChI is InChI=1S/3C28H54O5.Al/c3*1-6-7-8-9-10-11-12-13-14-15-16-17-18-19-20-21-22-28(32-24(2)3,33-25(4)5)26(29)23-27(30)31;/h3*24-25H,6-23H2,1-5H3,(H,30,31);/q;;;+3/p-3. The smallest absolute Gasteiger partial charge is 0.550 e. The van der Waals surface area contributed by atoms with E-state index in [1.165, 1.54) is 212 Å². The van der Waals surface area contributed by atoms with Gasteiger partial charge in [-0.25, -0.2) is 0 Å². The number of ketones is 3. The Balaban J connectivity index is 6.54. The number of unbranched alkanes of at least 4 members (excludes halogenated alkanes) is 45. The minimum atomic E-state index is -4.34. The zero-order valence-electron chi connectivity index (χ0n) is 67.8. The summed E-state index contributed by atoms with van der Waals surface area (Å²) in [5.41, 5.74) is 0. The maximum Gasteiger partial charge on any atom is 1.20 e. The highest BCUT2D eigenvalue weighted by molar-refractivity contribution is 6.45. The largest absolute Gasteiger partial charge is 1.20 e. The Labute approximate surface area is 620 Å². The summed E-state index contributed by atoms with van der Waals surface area (Å²) in [4.78, 5) is 86.7. The van der Waals surface area contributed by atoms with Crippen LogP contribution >= 0.6 is 0 Å². The van der Waals surface area contributed by atoms with Crippen LogP contribution < -0.4 is 0 Å². The average Bonchev–Trinajstić information content (AvgIpc) is 0.834. The van der Waals surface area contributed by atoms with Crippen LogP contribution in [0, 0.1) is 0 Å². The number of hydrogen-bond acceptors (Lipinski definition) is 15. The Kier molecular flexibility index (Phi) is 62.5. The highest BCUT2D eigenvalue weighted by atomic mass is 27.3. The molecular weight excluding hydrogens is 1280 g/mol. The molecule has 15 nitrogen and oxygen atoms in total. The third-order valence-electron chi connectivity index (χ3n) is 18.5. The van der Waals surface area contributed by atoms with Crippen molar-refractivity contribution in [3.05, 3.63) is 0 Å². The van der Waals surface area contributed by atoms with Gasteiger partial charge >= 0.3 is 15.1 Å². The van der Waals surface area contributed by atoms with E-state index in [2.05, 4.69) is 20.8 Å². The van der Waals surface area contributed by atoms with E-state index in [0.29, 0.717) is 19.3 Å². The Morgan fingerprint density at radius 2 is 0.350 bits per heavy atom. The van der Waals surface area contributed by atoms with Crippen LogP contribution in [0.1, 0.15) is 451 Å². The van der Waals surface area contributed by atoms with E-state index in [0.717, 1.165) is 77.0 Å². The normalized spacial score (nSPS) is 12.3. The number of hydrogen-bond donors (Lipinski definition) is 0. The second-order valence-electron chi connectivity index (χ2n) is 31.0. The maximum atomic E-state index is 14.6. The van der Waals surface area contributed by atoms with Gasteiger partial charge in [-0.2, -0.15) is 0 Å². The molecule has 588 valence electrons. The lowest BCUT2D eigenvalue weighted by atomic mass is 9.98. The average molecular weight is 1440 g/mol. The van der Waals surface area contributed by atoms with Gasteiger partial charge in [-0.15, -0.1) is 0 Å². The summed E-state index contributed by atoms with van der Waals surface area (Å²) in [5, 5.41) is 0. The molecular formula is C84H159AlO15. The second kappa shape index (κ2) is 63.9. The van der Waals surface area contributed by atoms with Gasteiger partial charge in [0.05, 0.1) is 36.6 Å². The fourth-order valence-electron chi connectivity index (χ4n) is 13.6. The number of carbonyl (C=O) groups is 6. The molecule has 0 aliphatic carbocycles. The van der Waals surface area contributed by atoms with Gasteiger partial charge in [0.15, 0.2) is 0 Å². The lowest BCUT2D eigenvalue weighted by Crippen LogP contribution is -2.50. The summed E-state index contributed by atoms with van der Waals surface area (Å²) < 4.78 is 55.3. The SMILES string of the molecule is CCCCCCCCCCCCCCCCCCC(OC(C)C)(OC(C)C)C(=O)CC(=O)[O][Al]([O]C(=O)CC(=O)C(CCCCCCCCCCCCCCCCCC)(OC(C)C)OC(C)C)[O]C(=O)CC(=O)C(CCCCCCCCCCCCCCCCCC)(OC(C)C)OC(C)C. The highest BCUT2D eigenvalue weighted by Crippen LogP contribution is 2.33. The molecule has 0 heterocycles. The van der Waals surface area contributed by atoms with Gasteiger partial charge < -0.3 is 39.8 Å². The number of Topliss-reactive ketones (excluding diaryl/α,β-unsaturated/α-hetero) is 3. The Morgan fingerprint density at radius 3 is 0.480 bits per heavy atom. The molecule has 0 spiro atoms. The van der Waals surface area contributed by atoms with Crippen LogP contribution in [0.25, 0.3) is 0 Å². The van der Waals surface area contributed by atoms with Crippen molar-refractivity contribution in [3.8, 4) is 0 Å². The molecule has 0 aliphatic heterocycles. The Bertz CT molecular complexity index is 1740. The summed E-state index contributed by atoms with van der Waals surface area (Å²) in [7, 11) is 0. The molecule has 0 bridgehead atoms. The molecule has 0 aromatic carbocycles. The van der Waals surface area contributed by atoms with Gasteiger partial charge in [-0.05, 0) is 102 Å². The molecule has 0 aromatic heterocycles. The van der Waals surface area contributed by atoms with E-state index < -0.39 is 124 Å². The summed E-state index contributed by atoms with van der Waals surface area (Å²) in [6.45, 7) is 28.3. The second-order valence-corrected chi connectivity index (χ2v) is 32.3. The van der Waals surface area contributed by atoms with Crippen LogP contribution in [0.2, 0.25) is 0 Å². The van der Waals surface area contributed by atoms with Crippen molar-refractivity contribution in [1.29, 1.82) is 0 Å². The number of ether oxygens (including phenoxy) is 6. The summed E-state index contributed by atoms with van der Waals surface area (Å²) in [6, 6.07) is 0. The van der Waals surface area contributed by atoms with Crippen molar-refractivity contribution in [1.82, 2.24) is 0 Å². The number of carbonyl (C=O) groups excluding carboxylic acids is 6. The molecule has 0 saturated heterocycles. The summed E-state index contributed by atoms with van der Waals surface area (Å²) in [6.07, 6.45) is 52.1. The van der Waals surface area contributed by atoms with Gasteiger partial charge in [0.2, 0.25) is 34.7 Å². The van der Waals surface area contributed by atoms with Gasteiger partial charge in [-0.1, -0.05) is 310 Å². The monoisotopic (exact) mass is 1440 g/mol. The fourth-order valence-corrected chi connectivity index (χ4v) is 14.6. The van der Waals surface area contributed by atoms with E-state index in [9.17, 15) is 28.8 Å². The van der Waals surface area contributed by atoms with Crippen molar-refractivity contribution >= 4 is 50.4 Å². The highest BCUT2D eigenvalue weighted by Gasteiger charge is 2.53. The molecule has 0 aliphatic rings. The van der Waals surface area contributed by atoms with Gasteiger partial charge in [0.25, 0.3) is 17.9 Å². The first-order chi connectivity index (χ1) is 47.9. The van der Waals surface area contributed by atoms with E-state index in [-0.39, 0.29) is 19.3 Å². The molecule has 0 radical (unpaired) electrons. The van der Waals surface area contributed by atoms with Gasteiger partial charge in [0.1, 0.15) is 19.3 Å². The molecule has 100 heavy (non-hydrogen) atoms. The topological polar surface area (TPSA) is 185 Å². The Hall–Kier alpha value is -2.29. The van der Waals surface area contributed by atoms with Crippen LogP contribution in [0.5, 0.6) is 0 Å². The maximum absolute atomic E-state index is 14.6. The number of rotatable bonds is 75. The molecule has 0 aromatic rings. The molecule has 16 heteroatoms. The van der Waals surface area contributed by atoms with E-state index in [1.807, 2.05) is 0 Å². The zero-order valence-corrected chi connectivity index (χ0v) is 69.0. The van der Waals surface area contributed by atoms with Gasteiger partial charge in [0, 0.05) is 19.3 Å². The first kappa shape index (κ1) is 97.7. The summed E-state index contributed by atoms with van der Waals surface area (Å²) in [5.74, 6) is -11.0. The van der Waals surface area contributed by atoms with Crippen LogP contribution in [-0.2, 0) is 68.6 Å². The minimum absolute atomic E-state index is 0.180. The van der Waals surface area contributed by atoms with Crippen molar-refractivity contribution in [2.24, 2.45) is 0 Å². The molecule has 0 amide bonds. The fraction of sp³-hybridized carbons (Fsp3) is 0.929. The molecule has 0 saturated carbocycles. The van der Waals surface area contributed by atoms with Crippen LogP contribution in [-0.4, -0.2) is 104 Å². The van der Waals surface area contributed by atoms with Crippen molar-refractivity contribution in [2.45, 2.75) is 505 Å². The zero-order chi connectivity index (χ0) is 74.6. The van der Waals surface area contributed by atoms with E-state index in [1.54, 1.807) is 83.1 Å². The van der Waals surface area contributed by atoms with Crippen molar-refractivity contribution in [3.63, 3.8) is 0 Å². The van der Waals surface area contributed by atoms with E-state index >= 15 is 0 Å². The lowest BCUT2D eigenvalue weighted by molar-refractivity contribution is -0.258. The van der Waals surface area contributed by atoms with E-state index in [4.69, 9.17) is 39.8 Å². The molecule has 0 atom stereocenters. The minimum Gasteiger partial charge on any atom is -0.550 e. The quantitative estimate of drug-likeness (QED) is 0.0242. The molecule has 0 rings (SSSR count). The van der Waals surface area contributed by atoms with Crippen molar-refractivity contribution in [2.75, 3.05) is 0 Å². The van der Waals surface area contributed by atoms with Gasteiger partial charge in [-0.3, -0.25) is 28.8 Å². The first-order valence-corrected chi connectivity index (χ1v) is 43.6.